The van der Waals surface area contributed by atoms with Crippen LogP contribution in [0, 0.1) is 0 Å². The summed E-state index contributed by atoms with van der Waals surface area (Å²) in [4.78, 5) is 4.55. The molecule has 18 heavy (non-hydrogen) atoms. The van der Waals surface area contributed by atoms with Gasteiger partial charge >= 0.3 is 0 Å². The molecule has 0 bridgehead atoms. The Labute approximate surface area is 113 Å². The van der Waals surface area contributed by atoms with E-state index < -0.39 is 0 Å². The van der Waals surface area contributed by atoms with Crippen LogP contribution in [0.3, 0.4) is 0 Å². The van der Waals surface area contributed by atoms with Crippen LogP contribution in [0.15, 0.2) is 18.2 Å². The van der Waals surface area contributed by atoms with Crippen molar-refractivity contribution in [3.05, 3.63) is 23.2 Å². The van der Waals surface area contributed by atoms with E-state index in [-0.39, 0.29) is 6.61 Å². The summed E-state index contributed by atoms with van der Waals surface area (Å²) < 4.78 is 0. The second-order valence-electron chi connectivity index (χ2n) is 4.61. The van der Waals surface area contributed by atoms with Crippen LogP contribution in [0.4, 0.5) is 11.4 Å². The average molecular weight is 270 g/mol. The van der Waals surface area contributed by atoms with Crippen LogP contribution in [0.25, 0.3) is 0 Å². The molecule has 0 unspecified atom stereocenters. The number of hydrogen-bond donors (Lipinski definition) is 2. The van der Waals surface area contributed by atoms with Crippen molar-refractivity contribution < 1.29 is 5.11 Å². The van der Waals surface area contributed by atoms with Crippen molar-refractivity contribution in [1.29, 1.82) is 0 Å². The lowest BCUT2D eigenvalue weighted by molar-refractivity contribution is 0.204. The van der Waals surface area contributed by atoms with E-state index in [0.717, 1.165) is 55.5 Å². The number of aliphatic hydroxyl groups is 1. The molecule has 3 N–H and O–H groups in total. The van der Waals surface area contributed by atoms with Crippen LogP contribution >= 0.6 is 11.6 Å². The van der Waals surface area contributed by atoms with E-state index in [0.29, 0.717) is 0 Å². The third-order valence-corrected chi connectivity index (χ3v) is 3.57. The van der Waals surface area contributed by atoms with E-state index in [1.54, 1.807) is 0 Å². The normalized spacial score (nSPS) is 17.8. The Kier molecular flexibility index (Phi) is 4.69. The summed E-state index contributed by atoms with van der Waals surface area (Å²) in [6.07, 6.45) is 1.08. The lowest BCUT2D eigenvalue weighted by Crippen LogP contribution is -2.32. The van der Waals surface area contributed by atoms with Gasteiger partial charge in [-0.25, -0.2) is 0 Å². The lowest BCUT2D eigenvalue weighted by Gasteiger charge is -2.25. The van der Waals surface area contributed by atoms with Crippen LogP contribution in [-0.2, 0) is 0 Å². The highest BCUT2D eigenvalue weighted by atomic mass is 35.5. The Morgan fingerprint density at radius 2 is 2.06 bits per heavy atom. The fourth-order valence-electron chi connectivity index (χ4n) is 2.37. The highest BCUT2D eigenvalue weighted by molar-refractivity contribution is 6.31. The molecular weight excluding hydrogens is 250 g/mol. The standard InChI is InChI=1S/C13H20ClN3O/c14-11-2-3-12(15)13(10-11)17-5-1-4-16(6-7-17)8-9-18/h2-3,10,18H,1,4-9,15H2. The van der Waals surface area contributed by atoms with Gasteiger partial charge in [0.1, 0.15) is 0 Å². The largest absolute Gasteiger partial charge is 0.397 e. The van der Waals surface area contributed by atoms with Gasteiger partial charge in [-0.1, -0.05) is 11.6 Å². The van der Waals surface area contributed by atoms with Gasteiger partial charge in [-0.15, -0.1) is 0 Å². The smallest absolute Gasteiger partial charge is 0.0615 e. The van der Waals surface area contributed by atoms with Gasteiger partial charge in [-0.05, 0) is 31.2 Å². The molecule has 0 spiro atoms. The van der Waals surface area contributed by atoms with Crippen molar-refractivity contribution in [3.63, 3.8) is 0 Å². The summed E-state index contributed by atoms with van der Waals surface area (Å²) in [5, 5.41) is 9.70. The zero-order valence-electron chi connectivity index (χ0n) is 10.5. The van der Waals surface area contributed by atoms with Gasteiger partial charge in [0.2, 0.25) is 0 Å². The van der Waals surface area contributed by atoms with E-state index >= 15 is 0 Å². The maximum atomic E-state index is 8.98. The van der Waals surface area contributed by atoms with Gasteiger partial charge in [0.05, 0.1) is 18.0 Å². The third-order valence-electron chi connectivity index (χ3n) is 3.34. The molecular formula is C13H20ClN3O. The minimum absolute atomic E-state index is 0.222. The number of benzene rings is 1. The second-order valence-corrected chi connectivity index (χ2v) is 5.05. The van der Waals surface area contributed by atoms with Crippen molar-refractivity contribution in [3.8, 4) is 0 Å². The number of nitrogens with two attached hydrogens (primary N) is 1. The molecule has 0 radical (unpaired) electrons. The van der Waals surface area contributed by atoms with E-state index in [4.69, 9.17) is 22.4 Å². The van der Waals surface area contributed by atoms with Crippen molar-refractivity contribution in [2.45, 2.75) is 6.42 Å². The summed E-state index contributed by atoms with van der Waals surface area (Å²) >= 11 is 6.03. The average Bonchev–Trinajstić information content (AvgIpc) is 2.58. The van der Waals surface area contributed by atoms with Crippen LogP contribution in [0.1, 0.15) is 6.42 Å². The first-order valence-electron chi connectivity index (χ1n) is 6.34. The second kappa shape index (κ2) is 6.27. The molecule has 1 aromatic rings. The molecule has 0 amide bonds. The minimum Gasteiger partial charge on any atom is -0.397 e. The van der Waals surface area contributed by atoms with Crippen LogP contribution in [0.2, 0.25) is 5.02 Å². The molecule has 1 aromatic carbocycles. The molecule has 1 aliphatic heterocycles. The molecule has 0 saturated carbocycles. The number of rotatable bonds is 3. The molecule has 4 nitrogen and oxygen atoms in total. The molecule has 100 valence electrons. The molecule has 1 fully saturated rings. The van der Waals surface area contributed by atoms with E-state index in [1.807, 2.05) is 18.2 Å². The van der Waals surface area contributed by atoms with Crippen molar-refractivity contribution in [2.24, 2.45) is 0 Å². The topological polar surface area (TPSA) is 52.7 Å². The Balaban J connectivity index is 2.07. The molecule has 0 atom stereocenters. The van der Waals surface area contributed by atoms with Gasteiger partial charge in [-0.3, -0.25) is 4.90 Å². The van der Waals surface area contributed by atoms with Gasteiger partial charge in [0, 0.05) is 31.2 Å². The number of anilines is 2. The number of nitrogen functional groups attached to an aromatic ring is 1. The Hall–Kier alpha value is -0.970. The van der Waals surface area contributed by atoms with Crippen LogP contribution in [0.5, 0.6) is 0 Å². The molecule has 1 heterocycles. The van der Waals surface area contributed by atoms with Crippen molar-refractivity contribution in [2.75, 3.05) is 50.0 Å². The number of aliphatic hydroxyl groups excluding tert-OH is 1. The highest BCUT2D eigenvalue weighted by Gasteiger charge is 2.16. The lowest BCUT2D eigenvalue weighted by atomic mass is 10.2. The van der Waals surface area contributed by atoms with Crippen LogP contribution in [-0.4, -0.2) is 49.3 Å². The molecule has 5 heteroatoms. The summed E-state index contributed by atoms with van der Waals surface area (Å²) in [6.45, 7) is 4.85. The van der Waals surface area contributed by atoms with E-state index in [2.05, 4.69) is 9.80 Å². The maximum absolute atomic E-state index is 8.98. The number of nitrogens with zero attached hydrogens (tertiary/aromatic N) is 2. The summed E-state index contributed by atoms with van der Waals surface area (Å²) in [5.74, 6) is 0. The Bertz CT molecular complexity index is 400. The van der Waals surface area contributed by atoms with Crippen molar-refractivity contribution >= 4 is 23.0 Å². The molecule has 1 aliphatic rings. The third kappa shape index (κ3) is 3.28. The van der Waals surface area contributed by atoms with E-state index in [9.17, 15) is 0 Å². The van der Waals surface area contributed by atoms with Gasteiger partial charge in [-0.2, -0.15) is 0 Å². The first kappa shape index (κ1) is 13.5. The molecule has 0 aliphatic carbocycles. The number of hydrogen-bond acceptors (Lipinski definition) is 4. The summed E-state index contributed by atoms with van der Waals surface area (Å²) in [7, 11) is 0. The maximum Gasteiger partial charge on any atom is 0.0615 e. The first-order chi connectivity index (χ1) is 8.70. The zero-order chi connectivity index (χ0) is 13.0. The van der Waals surface area contributed by atoms with Crippen molar-refractivity contribution in [1.82, 2.24) is 4.90 Å². The predicted octanol–water partition coefficient (Wildman–Crippen LogP) is 1.43. The first-order valence-corrected chi connectivity index (χ1v) is 6.71. The molecule has 2 rings (SSSR count). The minimum atomic E-state index is 0.222. The van der Waals surface area contributed by atoms with E-state index in [1.165, 1.54) is 0 Å². The fraction of sp³-hybridized carbons (Fsp3) is 0.538. The molecule has 0 aromatic heterocycles. The zero-order valence-corrected chi connectivity index (χ0v) is 11.2. The number of β-amino-alcohol motifs (C(OH)–C–C–N with tert-alkyl or cyclic N) is 1. The SMILES string of the molecule is Nc1ccc(Cl)cc1N1CCCN(CCO)CC1. The quantitative estimate of drug-likeness (QED) is 0.815. The predicted molar refractivity (Wildman–Crippen MR) is 76.2 cm³/mol. The van der Waals surface area contributed by atoms with Gasteiger partial charge in [0.25, 0.3) is 0 Å². The number of halogens is 1. The summed E-state index contributed by atoms with van der Waals surface area (Å²) in [6, 6.07) is 5.60. The van der Waals surface area contributed by atoms with Gasteiger partial charge < -0.3 is 15.7 Å². The Morgan fingerprint density at radius 3 is 2.83 bits per heavy atom. The van der Waals surface area contributed by atoms with Gasteiger partial charge in [0.15, 0.2) is 0 Å². The fourth-order valence-corrected chi connectivity index (χ4v) is 2.53. The molecule has 1 saturated heterocycles. The monoisotopic (exact) mass is 269 g/mol. The Morgan fingerprint density at radius 1 is 1.22 bits per heavy atom. The highest BCUT2D eigenvalue weighted by Crippen LogP contribution is 2.27. The summed E-state index contributed by atoms with van der Waals surface area (Å²) in [5.41, 5.74) is 7.81. The van der Waals surface area contributed by atoms with Crippen LogP contribution < -0.4 is 10.6 Å².